The van der Waals surface area contributed by atoms with Gasteiger partial charge >= 0.3 is 0 Å². The van der Waals surface area contributed by atoms with Gasteiger partial charge in [-0.1, -0.05) is 0 Å². The van der Waals surface area contributed by atoms with E-state index in [0.29, 0.717) is 13.0 Å². The Morgan fingerprint density at radius 3 is 2.52 bits per heavy atom. The maximum absolute atomic E-state index is 12.2. The summed E-state index contributed by atoms with van der Waals surface area (Å²) in [5, 5.41) is 2.77. The van der Waals surface area contributed by atoms with Crippen molar-refractivity contribution in [2.45, 2.75) is 57.3 Å². The van der Waals surface area contributed by atoms with Crippen molar-refractivity contribution in [3.05, 3.63) is 0 Å². The zero-order valence-corrected chi connectivity index (χ0v) is 13.4. The summed E-state index contributed by atoms with van der Waals surface area (Å²) in [4.78, 5) is 26.1. The van der Waals surface area contributed by atoms with Crippen molar-refractivity contribution in [2.75, 3.05) is 19.6 Å². The molecular weight excluding hydrogens is 294 g/mol. The first-order chi connectivity index (χ1) is 9.61. The number of nitrogens with two attached hydrogens (primary N) is 1. The van der Waals surface area contributed by atoms with Crippen LogP contribution >= 0.6 is 12.4 Å². The number of likely N-dealkylation sites (tertiary alicyclic amines) is 1. The molecule has 3 N–H and O–H groups in total. The van der Waals surface area contributed by atoms with Crippen molar-refractivity contribution >= 4 is 24.2 Å². The lowest BCUT2D eigenvalue weighted by Crippen LogP contribution is -2.50. The predicted molar refractivity (Wildman–Crippen MR) is 82.2 cm³/mol. The molecule has 21 heavy (non-hydrogen) atoms. The number of halogens is 1. The number of carbonyl (C=O) groups excluding carboxylic acids is 2. The SMILES string of the molecule is C[C@H](NC(=O)[C@@H]1CC[C@H](CN)O1)C(=O)N1CCCCC1.Cl. The molecule has 0 aromatic carbocycles. The number of hydrogen-bond acceptors (Lipinski definition) is 4. The molecule has 2 aliphatic heterocycles. The topological polar surface area (TPSA) is 84.7 Å². The summed E-state index contributed by atoms with van der Waals surface area (Å²) in [6.45, 7) is 3.78. The van der Waals surface area contributed by atoms with Gasteiger partial charge in [0.25, 0.3) is 0 Å². The third-order valence-electron chi connectivity index (χ3n) is 4.06. The summed E-state index contributed by atoms with van der Waals surface area (Å²) in [5.74, 6) is -0.190. The fourth-order valence-electron chi connectivity index (χ4n) is 2.83. The minimum absolute atomic E-state index is 0. The Hall–Kier alpha value is -0.850. The van der Waals surface area contributed by atoms with Gasteiger partial charge in [0.1, 0.15) is 12.1 Å². The molecule has 0 radical (unpaired) electrons. The number of carbonyl (C=O) groups is 2. The molecule has 0 bridgehead atoms. The first-order valence-electron chi connectivity index (χ1n) is 7.56. The number of nitrogens with one attached hydrogen (secondary N) is 1. The summed E-state index contributed by atoms with van der Waals surface area (Å²) < 4.78 is 5.54. The van der Waals surface area contributed by atoms with E-state index in [0.717, 1.165) is 32.4 Å². The van der Waals surface area contributed by atoms with E-state index in [9.17, 15) is 9.59 Å². The van der Waals surface area contributed by atoms with Crippen LogP contribution in [0.15, 0.2) is 0 Å². The minimum Gasteiger partial charge on any atom is -0.364 e. The summed E-state index contributed by atoms with van der Waals surface area (Å²) in [5.41, 5.74) is 5.53. The van der Waals surface area contributed by atoms with Crippen LogP contribution in [0.3, 0.4) is 0 Å². The van der Waals surface area contributed by atoms with Gasteiger partial charge < -0.3 is 20.7 Å². The third kappa shape index (κ3) is 4.83. The Morgan fingerprint density at radius 2 is 1.95 bits per heavy atom. The molecule has 2 saturated heterocycles. The van der Waals surface area contributed by atoms with Crippen LogP contribution in [0, 0.1) is 0 Å². The van der Waals surface area contributed by atoms with E-state index in [1.807, 2.05) is 4.90 Å². The van der Waals surface area contributed by atoms with E-state index in [4.69, 9.17) is 10.5 Å². The van der Waals surface area contributed by atoms with Crippen LogP contribution in [0.2, 0.25) is 0 Å². The maximum Gasteiger partial charge on any atom is 0.249 e. The fraction of sp³-hybridized carbons (Fsp3) is 0.857. The van der Waals surface area contributed by atoms with Gasteiger partial charge in [-0.25, -0.2) is 0 Å². The van der Waals surface area contributed by atoms with Gasteiger partial charge in [0.2, 0.25) is 11.8 Å². The molecular formula is C14H26ClN3O3. The molecule has 3 atom stereocenters. The molecule has 7 heteroatoms. The Balaban J connectivity index is 0.00000220. The standard InChI is InChI=1S/C14H25N3O3.ClH/c1-10(14(19)17-7-3-2-4-8-17)16-13(18)12-6-5-11(9-15)20-12;/h10-12H,2-9,15H2,1H3,(H,16,18);1H/t10-,11+,12-;/m0./s1. The highest BCUT2D eigenvalue weighted by Crippen LogP contribution is 2.19. The number of amides is 2. The van der Waals surface area contributed by atoms with Crippen molar-refractivity contribution in [1.29, 1.82) is 0 Å². The van der Waals surface area contributed by atoms with E-state index in [2.05, 4.69) is 5.32 Å². The number of ether oxygens (including phenoxy) is 1. The highest BCUT2D eigenvalue weighted by molar-refractivity contribution is 5.89. The average Bonchev–Trinajstić information content (AvgIpc) is 2.96. The molecule has 2 fully saturated rings. The molecule has 0 unspecified atom stereocenters. The Morgan fingerprint density at radius 1 is 1.29 bits per heavy atom. The number of rotatable bonds is 4. The van der Waals surface area contributed by atoms with Crippen molar-refractivity contribution in [2.24, 2.45) is 5.73 Å². The smallest absolute Gasteiger partial charge is 0.249 e. The van der Waals surface area contributed by atoms with Gasteiger partial charge in [-0.2, -0.15) is 0 Å². The van der Waals surface area contributed by atoms with E-state index in [1.54, 1.807) is 6.92 Å². The lowest BCUT2D eigenvalue weighted by Gasteiger charge is -2.29. The van der Waals surface area contributed by atoms with E-state index < -0.39 is 12.1 Å². The van der Waals surface area contributed by atoms with E-state index >= 15 is 0 Å². The maximum atomic E-state index is 12.2. The molecule has 0 aliphatic carbocycles. The highest BCUT2D eigenvalue weighted by Gasteiger charge is 2.32. The highest BCUT2D eigenvalue weighted by atomic mass is 35.5. The van der Waals surface area contributed by atoms with E-state index in [-0.39, 0.29) is 30.3 Å². The molecule has 122 valence electrons. The molecule has 2 rings (SSSR count). The number of piperidine rings is 1. The summed E-state index contributed by atoms with van der Waals surface area (Å²) in [6, 6.07) is -0.485. The Labute approximate surface area is 132 Å². The minimum atomic E-state index is -0.485. The first-order valence-corrected chi connectivity index (χ1v) is 7.56. The predicted octanol–water partition coefficient (Wildman–Crippen LogP) is 0.432. The summed E-state index contributed by atoms with van der Waals surface area (Å²) >= 11 is 0. The zero-order valence-electron chi connectivity index (χ0n) is 12.5. The summed E-state index contributed by atoms with van der Waals surface area (Å²) in [6.07, 6.45) is 4.29. The molecule has 2 aliphatic rings. The molecule has 0 spiro atoms. The Kier molecular flexibility index (Phi) is 7.42. The second kappa shape index (κ2) is 8.56. The van der Waals surface area contributed by atoms with Gasteiger partial charge in [-0.15, -0.1) is 12.4 Å². The molecule has 2 amide bonds. The molecule has 0 aromatic heterocycles. The quantitative estimate of drug-likeness (QED) is 0.787. The zero-order chi connectivity index (χ0) is 14.5. The molecule has 2 heterocycles. The van der Waals surface area contributed by atoms with Crippen LogP contribution in [0.4, 0.5) is 0 Å². The van der Waals surface area contributed by atoms with Crippen molar-refractivity contribution in [1.82, 2.24) is 10.2 Å². The summed E-state index contributed by atoms with van der Waals surface area (Å²) in [7, 11) is 0. The molecule has 0 aromatic rings. The average molecular weight is 320 g/mol. The first kappa shape index (κ1) is 18.2. The normalized spacial score (nSPS) is 26.9. The fourth-order valence-corrected chi connectivity index (χ4v) is 2.83. The van der Waals surface area contributed by atoms with Gasteiger partial charge in [0, 0.05) is 19.6 Å². The van der Waals surface area contributed by atoms with Crippen LogP contribution in [0.25, 0.3) is 0 Å². The van der Waals surface area contributed by atoms with Crippen molar-refractivity contribution < 1.29 is 14.3 Å². The van der Waals surface area contributed by atoms with Gasteiger partial charge in [-0.05, 0) is 39.0 Å². The lowest BCUT2D eigenvalue weighted by atomic mass is 10.1. The van der Waals surface area contributed by atoms with Crippen LogP contribution in [0.1, 0.15) is 39.0 Å². The van der Waals surface area contributed by atoms with Crippen LogP contribution in [-0.4, -0.2) is 54.6 Å². The molecule has 0 saturated carbocycles. The van der Waals surface area contributed by atoms with Gasteiger partial charge in [0.05, 0.1) is 6.10 Å². The third-order valence-corrected chi connectivity index (χ3v) is 4.06. The number of nitrogens with zero attached hydrogens (tertiary/aromatic N) is 1. The van der Waals surface area contributed by atoms with Crippen molar-refractivity contribution in [3.8, 4) is 0 Å². The van der Waals surface area contributed by atoms with E-state index in [1.165, 1.54) is 6.42 Å². The van der Waals surface area contributed by atoms with Crippen molar-refractivity contribution in [3.63, 3.8) is 0 Å². The van der Waals surface area contributed by atoms with Crippen LogP contribution in [-0.2, 0) is 14.3 Å². The lowest BCUT2D eigenvalue weighted by molar-refractivity contribution is -0.140. The largest absolute Gasteiger partial charge is 0.364 e. The van der Waals surface area contributed by atoms with Gasteiger partial charge in [0.15, 0.2) is 0 Å². The Bertz CT molecular complexity index is 361. The van der Waals surface area contributed by atoms with Crippen LogP contribution in [0.5, 0.6) is 0 Å². The molecule has 6 nitrogen and oxygen atoms in total. The number of hydrogen-bond donors (Lipinski definition) is 2. The van der Waals surface area contributed by atoms with Gasteiger partial charge in [-0.3, -0.25) is 9.59 Å². The monoisotopic (exact) mass is 319 g/mol. The van der Waals surface area contributed by atoms with Crippen LogP contribution < -0.4 is 11.1 Å². The second-order valence-corrected chi connectivity index (χ2v) is 5.68. The second-order valence-electron chi connectivity index (χ2n) is 5.68.